The summed E-state index contributed by atoms with van der Waals surface area (Å²) >= 11 is 5.67. The molecule has 0 aliphatic rings. The number of nitrogens with one attached hydrogen (secondary N) is 1. The Hall–Kier alpha value is -1.66. The smallest absolute Gasteiger partial charge is 0.269 e. The van der Waals surface area contributed by atoms with Crippen molar-refractivity contribution in [2.75, 3.05) is 19.6 Å². The molecule has 7 heteroatoms. The molecule has 1 atom stereocenters. The third kappa shape index (κ3) is 4.47. The van der Waals surface area contributed by atoms with Crippen molar-refractivity contribution >= 4 is 23.2 Å². The zero-order valence-electron chi connectivity index (χ0n) is 11.4. The molecule has 1 amide bonds. The number of nitro benzene ring substituents is 1. The lowest BCUT2D eigenvalue weighted by molar-refractivity contribution is -0.384. The number of benzene rings is 1. The van der Waals surface area contributed by atoms with Crippen LogP contribution in [0.25, 0.3) is 0 Å². The van der Waals surface area contributed by atoms with E-state index in [2.05, 4.69) is 5.32 Å². The summed E-state index contributed by atoms with van der Waals surface area (Å²) in [6.07, 6.45) is 0.590. The van der Waals surface area contributed by atoms with Gasteiger partial charge >= 0.3 is 0 Å². The molecule has 0 saturated carbocycles. The molecule has 0 spiro atoms. The van der Waals surface area contributed by atoms with Gasteiger partial charge in [0.15, 0.2) is 0 Å². The summed E-state index contributed by atoms with van der Waals surface area (Å²) in [5, 5.41) is 13.5. The van der Waals surface area contributed by atoms with Crippen LogP contribution >= 0.6 is 11.6 Å². The van der Waals surface area contributed by atoms with Crippen molar-refractivity contribution in [3.05, 3.63) is 39.4 Å². The number of non-ortho nitro benzene ring substituents is 1. The second-order valence-electron chi connectivity index (χ2n) is 4.36. The van der Waals surface area contributed by atoms with E-state index in [-0.39, 0.29) is 17.6 Å². The van der Waals surface area contributed by atoms with Crippen LogP contribution in [0.15, 0.2) is 18.2 Å². The number of methoxy groups -OCH3 is 1. The van der Waals surface area contributed by atoms with Crippen molar-refractivity contribution in [1.29, 1.82) is 0 Å². The van der Waals surface area contributed by atoms with Gasteiger partial charge in [-0.25, -0.2) is 0 Å². The standard InChI is InChI=1S/C13H17ClN2O4/c1-9-7-11(16(18)19)3-4-12(9)13(17)15-10(5-6-14)8-20-2/h3-4,7,10H,5-6,8H2,1-2H3,(H,15,17). The first-order valence-electron chi connectivity index (χ1n) is 6.10. The molecule has 1 aromatic rings. The van der Waals surface area contributed by atoms with Crippen LogP contribution in [0.4, 0.5) is 5.69 Å². The van der Waals surface area contributed by atoms with Gasteiger partial charge in [0, 0.05) is 30.7 Å². The number of aryl methyl sites for hydroxylation is 1. The highest BCUT2D eigenvalue weighted by atomic mass is 35.5. The predicted octanol–water partition coefficient (Wildman–Crippen LogP) is 2.28. The third-order valence-electron chi connectivity index (χ3n) is 2.83. The first kappa shape index (κ1) is 16.4. The van der Waals surface area contributed by atoms with E-state index >= 15 is 0 Å². The molecule has 0 radical (unpaired) electrons. The number of carbonyl (C=O) groups is 1. The highest BCUT2D eigenvalue weighted by Gasteiger charge is 2.17. The van der Waals surface area contributed by atoms with Gasteiger partial charge in [-0.05, 0) is 25.0 Å². The van der Waals surface area contributed by atoms with E-state index in [1.54, 1.807) is 14.0 Å². The van der Waals surface area contributed by atoms with Crippen molar-refractivity contribution < 1.29 is 14.5 Å². The van der Waals surface area contributed by atoms with E-state index in [0.717, 1.165) is 0 Å². The first-order valence-corrected chi connectivity index (χ1v) is 6.63. The first-order chi connectivity index (χ1) is 9.49. The minimum Gasteiger partial charge on any atom is -0.383 e. The molecular formula is C13H17ClN2O4. The summed E-state index contributed by atoms with van der Waals surface area (Å²) in [6.45, 7) is 2.03. The molecule has 0 saturated heterocycles. The topological polar surface area (TPSA) is 81.5 Å². The van der Waals surface area contributed by atoms with Gasteiger partial charge < -0.3 is 10.1 Å². The average molecular weight is 301 g/mol. The van der Waals surface area contributed by atoms with Crippen LogP contribution < -0.4 is 5.32 Å². The number of nitro groups is 1. The quantitative estimate of drug-likeness (QED) is 0.476. The largest absolute Gasteiger partial charge is 0.383 e. The van der Waals surface area contributed by atoms with Crippen LogP contribution in [0.5, 0.6) is 0 Å². The Kier molecular flexibility index (Phi) is 6.41. The van der Waals surface area contributed by atoms with Crippen LogP contribution in [-0.2, 0) is 4.74 Å². The number of carbonyl (C=O) groups excluding carboxylic acids is 1. The van der Waals surface area contributed by atoms with Gasteiger partial charge in [0.05, 0.1) is 17.6 Å². The second kappa shape index (κ2) is 7.81. The number of halogens is 1. The van der Waals surface area contributed by atoms with E-state index < -0.39 is 4.92 Å². The minimum atomic E-state index is -0.490. The molecule has 1 N–H and O–H groups in total. The van der Waals surface area contributed by atoms with Crippen LogP contribution in [0.2, 0.25) is 0 Å². The fourth-order valence-electron chi connectivity index (χ4n) is 1.81. The van der Waals surface area contributed by atoms with Gasteiger partial charge in [0.2, 0.25) is 0 Å². The third-order valence-corrected chi connectivity index (χ3v) is 3.04. The Morgan fingerprint density at radius 3 is 2.75 bits per heavy atom. The zero-order chi connectivity index (χ0) is 15.1. The van der Waals surface area contributed by atoms with Gasteiger partial charge in [-0.15, -0.1) is 11.6 Å². The number of nitrogens with zero attached hydrogens (tertiary/aromatic N) is 1. The Balaban J connectivity index is 2.83. The monoisotopic (exact) mass is 300 g/mol. The van der Waals surface area contributed by atoms with Crippen LogP contribution in [-0.4, -0.2) is 36.5 Å². The molecule has 1 unspecified atom stereocenters. The molecule has 0 aliphatic heterocycles. The fourth-order valence-corrected chi connectivity index (χ4v) is 2.07. The molecule has 0 bridgehead atoms. The summed E-state index contributed by atoms with van der Waals surface area (Å²) < 4.78 is 5.01. The Labute approximate surface area is 122 Å². The summed E-state index contributed by atoms with van der Waals surface area (Å²) in [5.41, 5.74) is 0.929. The SMILES string of the molecule is COCC(CCCl)NC(=O)c1ccc([N+](=O)[O-])cc1C. The van der Waals surface area contributed by atoms with Crippen molar-refractivity contribution in [1.82, 2.24) is 5.32 Å². The molecule has 0 aromatic heterocycles. The Bertz CT molecular complexity index is 487. The van der Waals surface area contributed by atoms with Crippen LogP contribution in [0.1, 0.15) is 22.3 Å². The second-order valence-corrected chi connectivity index (χ2v) is 4.74. The maximum Gasteiger partial charge on any atom is 0.269 e. The Morgan fingerprint density at radius 2 is 2.25 bits per heavy atom. The molecule has 20 heavy (non-hydrogen) atoms. The summed E-state index contributed by atoms with van der Waals surface area (Å²) in [7, 11) is 1.55. The van der Waals surface area contributed by atoms with E-state index in [4.69, 9.17) is 16.3 Å². The van der Waals surface area contributed by atoms with Gasteiger partial charge in [0.1, 0.15) is 0 Å². The normalized spacial score (nSPS) is 11.9. The maximum absolute atomic E-state index is 12.1. The molecule has 1 rings (SSSR count). The van der Waals surface area contributed by atoms with Crippen molar-refractivity contribution in [2.24, 2.45) is 0 Å². The van der Waals surface area contributed by atoms with E-state index in [1.807, 2.05) is 0 Å². The lowest BCUT2D eigenvalue weighted by Crippen LogP contribution is -2.38. The number of ether oxygens (including phenoxy) is 1. The number of hydrogen-bond acceptors (Lipinski definition) is 4. The highest BCUT2D eigenvalue weighted by Crippen LogP contribution is 2.17. The lowest BCUT2D eigenvalue weighted by Gasteiger charge is -2.17. The molecular weight excluding hydrogens is 284 g/mol. The van der Waals surface area contributed by atoms with Crippen molar-refractivity contribution in [3.8, 4) is 0 Å². The molecule has 0 aliphatic carbocycles. The molecule has 0 fully saturated rings. The highest BCUT2D eigenvalue weighted by molar-refractivity contribution is 6.17. The van der Waals surface area contributed by atoms with Gasteiger partial charge in [-0.2, -0.15) is 0 Å². The van der Waals surface area contributed by atoms with Gasteiger partial charge in [0.25, 0.3) is 11.6 Å². The maximum atomic E-state index is 12.1. The predicted molar refractivity (Wildman–Crippen MR) is 76.3 cm³/mol. The number of alkyl halides is 1. The molecule has 1 aromatic carbocycles. The lowest BCUT2D eigenvalue weighted by atomic mass is 10.1. The molecule has 6 nitrogen and oxygen atoms in total. The van der Waals surface area contributed by atoms with Gasteiger partial charge in [-0.3, -0.25) is 14.9 Å². The summed E-state index contributed by atoms with van der Waals surface area (Å²) in [5.74, 6) is 0.123. The average Bonchev–Trinajstić information content (AvgIpc) is 2.38. The number of amides is 1. The van der Waals surface area contributed by atoms with Crippen LogP contribution in [0.3, 0.4) is 0 Å². The molecule has 110 valence electrons. The van der Waals surface area contributed by atoms with Gasteiger partial charge in [-0.1, -0.05) is 0 Å². The van der Waals surface area contributed by atoms with Crippen LogP contribution in [0, 0.1) is 17.0 Å². The summed E-state index contributed by atoms with van der Waals surface area (Å²) in [4.78, 5) is 22.3. The van der Waals surface area contributed by atoms with Crippen molar-refractivity contribution in [3.63, 3.8) is 0 Å². The van der Waals surface area contributed by atoms with E-state index in [9.17, 15) is 14.9 Å². The van der Waals surface area contributed by atoms with Crippen molar-refractivity contribution in [2.45, 2.75) is 19.4 Å². The Morgan fingerprint density at radius 1 is 1.55 bits per heavy atom. The van der Waals surface area contributed by atoms with E-state index in [1.165, 1.54) is 18.2 Å². The van der Waals surface area contributed by atoms with E-state index in [0.29, 0.717) is 30.0 Å². The zero-order valence-corrected chi connectivity index (χ0v) is 12.1. The minimum absolute atomic E-state index is 0.0340. The number of hydrogen-bond donors (Lipinski definition) is 1. The molecule has 0 heterocycles. The fraction of sp³-hybridized carbons (Fsp3) is 0.462. The summed E-state index contributed by atoms with van der Waals surface area (Å²) in [6, 6.07) is 3.96. The number of rotatable bonds is 7.